The maximum Gasteiger partial charge on any atom is 0.416 e. The summed E-state index contributed by atoms with van der Waals surface area (Å²) < 4.78 is 47.8. The van der Waals surface area contributed by atoms with Gasteiger partial charge in [-0.15, -0.1) is 5.10 Å². The Morgan fingerprint density at radius 1 is 1.15 bits per heavy atom. The van der Waals surface area contributed by atoms with Crippen molar-refractivity contribution in [1.82, 2.24) is 24.5 Å². The maximum absolute atomic E-state index is 13.9. The second-order valence-corrected chi connectivity index (χ2v) is 10.6. The highest BCUT2D eigenvalue weighted by Crippen LogP contribution is 2.42. The summed E-state index contributed by atoms with van der Waals surface area (Å²) in [5.74, 6) is -0.0367. The summed E-state index contributed by atoms with van der Waals surface area (Å²) in [6, 6.07) is 2.00. The lowest BCUT2D eigenvalue weighted by Gasteiger charge is -2.31. The minimum Gasteiger partial charge on any atom is -0.378 e. The highest BCUT2D eigenvalue weighted by atomic mass is 35.5. The number of carbonyl (C=O) groups excluding carboxylic acids is 1. The lowest BCUT2D eigenvalue weighted by molar-refractivity contribution is -0.137. The molecule has 15 heteroatoms. The molecule has 2 atom stereocenters. The number of nitrogens with zero attached hydrogens (tertiary/aromatic N) is 6. The summed E-state index contributed by atoms with van der Waals surface area (Å²) >= 11 is 6.13. The molecule has 0 radical (unpaired) electrons. The summed E-state index contributed by atoms with van der Waals surface area (Å²) in [4.78, 5) is 36.2. The minimum atomic E-state index is -4.56. The Morgan fingerprint density at radius 3 is 2.55 bits per heavy atom. The largest absolute Gasteiger partial charge is 0.416 e. The van der Waals surface area contributed by atoms with Crippen LogP contribution in [-0.2, 0) is 15.7 Å². The SMILES string of the molecule is CC1CC(C(=O)Nc2ccc(C(F)(F)F)cc2Cl)n2c1c(N1CCNCC1)c(=O)n1nc(N3CCOCC3)nc21. The average Bonchev–Trinajstić information content (AvgIpc) is 3.53. The van der Waals surface area contributed by atoms with Gasteiger partial charge in [-0.25, -0.2) is 0 Å². The van der Waals surface area contributed by atoms with Gasteiger partial charge in [0, 0.05) is 45.2 Å². The number of amides is 1. The van der Waals surface area contributed by atoms with Gasteiger partial charge >= 0.3 is 6.18 Å². The van der Waals surface area contributed by atoms with E-state index in [2.05, 4.69) is 15.7 Å². The standard InChI is InChI=1S/C25H28ClF3N8O3/c1-14-12-18(21(38)31-17-3-2-15(13-16(17)26)25(27,28)29)36-19(14)20(34-6-4-30-5-7-34)22(39)37-24(36)32-23(33-37)35-8-10-40-11-9-35/h2-3,13-14,18,30H,4-12H2,1H3,(H,31,38). The van der Waals surface area contributed by atoms with E-state index in [1.165, 1.54) is 4.52 Å². The summed E-state index contributed by atoms with van der Waals surface area (Å²) in [5, 5.41) is 10.3. The lowest BCUT2D eigenvalue weighted by atomic mass is 10.0. The summed E-state index contributed by atoms with van der Waals surface area (Å²) in [6.45, 7) is 6.73. The van der Waals surface area contributed by atoms with Crippen LogP contribution in [0.15, 0.2) is 23.0 Å². The quantitative estimate of drug-likeness (QED) is 0.485. The fourth-order valence-corrected chi connectivity index (χ4v) is 5.89. The number of anilines is 3. The maximum atomic E-state index is 13.9. The molecule has 2 saturated heterocycles. The number of ether oxygens (including phenoxy) is 1. The van der Waals surface area contributed by atoms with Crippen LogP contribution in [0, 0.1) is 0 Å². The first-order chi connectivity index (χ1) is 19.1. The molecule has 1 aromatic carbocycles. The van der Waals surface area contributed by atoms with Gasteiger partial charge in [0.05, 0.1) is 35.2 Å². The zero-order valence-electron chi connectivity index (χ0n) is 21.7. The van der Waals surface area contributed by atoms with Crippen LogP contribution in [0.2, 0.25) is 5.02 Å². The van der Waals surface area contributed by atoms with E-state index >= 15 is 0 Å². The number of halogens is 4. The average molecular weight is 581 g/mol. The van der Waals surface area contributed by atoms with Crippen LogP contribution in [-0.4, -0.2) is 77.6 Å². The Labute approximate surface area is 231 Å². The molecular weight excluding hydrogens is 553 g/mol. The van der Waals surface area contributed by atoms with Gasteiger partial charge in [0.15, 0.2) is 0 Å². The van der Waals surface area contributed by atoms with E-state index in [0.717, 1.165) is 18.2 Å². The number of piperazine rings is 1. The van der Waals surface area contributed by atoms with Crippen molar-refractivity contribution in [3.05, 3.63) is 44.8 Å². The van der Waals surface area contributed by atoms with Crippen molar-refractivity contribution in [3.63, 3.8) is 0 Å². The number of hydrogen-bond donors (Lipinski definition) is 2. The van der Waals surface area contributed by atoms with Gasteiger partial charge in [-0.1, -0.05) is 18.5 Å². The molecule has 3 aliphatic heterocycles. The molecule has 0 spiro atoms. The van der Waals surface area contributed by atoms with E-state index in [1.807, 2.05) is 16.7 Å². The summed E-state index contributed by atoms with van der Waals surface area (Å²) in [5.41, 5.74) is 0.0421. The van der Waals surface area contributed by atoms with Crippen molar-refractivity contribution in [2.45, 2.75) is 31.5 Å². The molecule has 0 aliphatic carbocycles. The van der Waals surface area contributed by atoms with Crippen molar-refractivity contribution in [2.75, 3.05) is 67.6 Å². The van der Waals surface area contributed by atoms with Gasteiger partial charge < -0.3 is 25.2 Å². The fourth-order valence-electron chi connectivity index (χ4n) is 5.66. The minimum absolute atomic E-state index is 0.0654. The molecule has 214 valence electrons. The number of morpholine rings is 1. The lowest BCUT2D eigenvalue weighted by Crippen LogP contribution is -2.46. The van der Waals surface area contributed by atoms with Crippen molar-refractivity contribution < 1.29 is 22.7 Å². The molecule has 1 amide bonds. The smallest absolute Gasteiger partial charge is 0.378 e. The second-order valence-electron chi connectivity index (χ2n) is 10.2. The summed E-state index contributed by atoms with van der Waals surface area (Å²) in [6.07, 6.45) is -4.20. The number of alkyl halides is 3. The molecule has 3 aliphatic rings. The predicted octanol–water partition coefficient (Wildman–Crippen LogP) is 2.50. The third-order valence-electron chi connectivity index (χ3n) is 7.63. The number of benzene rings is 1. The van der Waals surface area contributed by atoms with E-state index in [9.17, 15) is 22.8 Å². The van der Waals surface area contributed by atoms with Gasteiger partial charge in [-0.2, -0.15) is 22.7 Å². The number of aromatic nitrogens is 4. The van der Waals surface area contributed by atoms with Crippen molar-refractivity contribution in [2.24, 2.45) is 0 Å². The fraction of sp³-hybridized carbons (Fsp3) is 0.520. The molecule has 2 fully saturated rings. The molecule has 5 heterocycles. The Hall–Kier alpha value is -3.36. The highest BCUT2D eigenvalue weighted by molar-refractivity contribution is 6.33. The molecule has 0 bridgehead atoms. The van der Waals surface area contributed by atoms with E-state index in [0.29, 0.717) is 76.2 Å². The zero-order chi connectivity index (χ0) is 28.2. The Balaban J connectivity index is 1.44. The van der Waals surface area contributed by atoms with Gasteiger partial charge in [0.1, 0.15) is 11.7 Å². The van der Waals surface area contributed by atoms with Crippen LogP contribution in [0.25, 0.3) is 5.78 Å². The number of rotatable bonds is 4. The van der Waals surface area contributed by atoms with E-state index in [4.69, 9.17) is 21.3 Å². The Morgan fingerprint density at radius 2 is 1.88 bits per heavy atom. The molecule has 11 nitrogen and oxygen atoms in total. The van der Waals surface area contributed by atoms with E-state index in [-0.39, 0.29) is 28.0 Å². The van der Waals surface area contributed by atoms with Crippen molar-refractivity contribution >= 4 is 40.6 Å². The highest BCUT2D eigenvalue weighted by Gasteiger charge is 2.40. The van der Waals surface area contributed by atoms with Crippen molar-refractivity contribution in [1.29, 1.82) is 0 Å². The first-order valence-electron chi connectivity index (χ1n) is 13.1. The van der Waals surface area contributed by atoms with Gasteiger partial charge in [-0.3, -0.25) is 14.2 Å². The van der Waals surface area contributed by atoms with E-state index < -0.39 is 23.7 Å². The molecule has 40 heavy (non-hydrogen) atoms. The summed E-state index contributed by atoms with van der Waals surface area (Å²) in [7, 11) is 0. The first kappa shape index (κ1) is 26.8. The third kappa shape index (κ3) is 4.67. The molecular formula is C25H28ClF3N8O3. The van der Waals surface area contributed by atoms with Crippen LogP contribution in [0.4, 0.5) is 30.5 Å². The van der Waals surface area contributed by atoms with Crippen LogP contribution >= 0.6 is 11.6 Å². The van der Waals surface area contributed by atoms with Crippen molar-refractivity contribution in [3.8, 4) is 0 Å². The van der Waals surface area contributed by atoms with Crippen LogP contribution < -0.4 is 26.0 Å². The number of hydrogen-bond acceptors (Lipinski definition) is 8. The second kappa shape index (κ2) is 10.2. The van der Waals surface area contributed by atoms with Crippen LogP contribution in [0.1, 0.15) is 36.6 Å². The van der Waals surface area contributed by atoms with Gasteiger partial charge in [-0.05, 0) is 24.6 Å². The topological polar surface area (TPSA) is 109 Å². The normalized spacial score (nSPS) is 21.6. The Bertz CT molecular complexity index is 1510. The van der Waals surface area contributed by atoms with Crippen LogP contribution in [0.5, 0.6) is 0 Å². The number of carbonyl (C=O) groups is 1. The van der Waals surface area contributed by atoms with E-state index in [1.54, 1.807) is 4.57 Å². The number of fused-ring (bicyclic) bond motifs is 3. The predicted molar refractivity (Wildman–Crippen MR) is 143 cm³/mol. The molecule has 2 unspecified atom stereocenters. The van der Waals surface area contributed by atoms with Gasteiger partial charge in [0.2, 0.25) is 17.6 Å². The molecule has 3 aromatic rings. The van der Waals surface area contributed by atoms with Crippen LogP contribution in [0.3, 0.4) is 0 Å². The first-order valence-corrected chi connectivity index (χ1v) is 13.5. The molecule has 2 aromatic heterocycles. The zero-order valence-corrected chi connectivity index (χ0v) is 22.4. The molecule has 0 saturated carbocycles. The monoisotopic (exact) mass is 580 g/mol. The molecule has 6 rings (SSSR count). The van der Waals surface area contributed by atoms with Gasteiger partial charge in [0.25, 0.3) is 5.56 Å². The third-order valence-corrected chi connectivity index (χ3v) is 7.94. The Kier molecular flexibility index (Phi) is 6.87. The molecule has 2 N–H and O–H groups in total. The number of nitrogens with one attached hydrogen (secondary N) is 2.